The van der Waals surface area contributed by atoms with Crippen LogP contribution in [0.4, 0.5) is 0 Å². The van der Waals surface area contributed by atoms with Crippen molar-refractivity contribution in [3.05, 3.63) is 35.6 Å². The van der Waals surface area contributed by atoms with Gasteiger partial charge in [-0.05, 0) is 31.9 Å². The molecule has 22 heavy (non-hydrogen) atoms. The van der Waals surface area contributed by atoms with Crippen LogP contribution in [-0.2, 0) is 11.2 Å². The lowest BCUT2D eigenvalue weighted by Crippen LogP contribution is -2.49. The van der Waals surface area contributed by atoms with E-state index in [1.165, 1.54) is 36.1 Å². The number of hydrogen-bond acceptors (Lipinski definition) is 3. The van der Waals surface area contributed by atoms with Gasteiger partial charge < -0.3 is 9.15 Å². The van der Waals surface area contributed by atoms with Gasteiger partial charge in [-0.15, -0.1) is 12.4 Å². The predicted octanol–water partition coefficient (Wildman–Crippen LogP) is 4.20. The number of fused-ring (bicyclic) bond motifs is 5. The molecule has 0 radical (unpaired) electrons. The zero-order chi connectivity index (χ0) is 14.4. The number of furan rings is 1. The summed E-state index contributed by atoms with van der Waals surface area (Å²) < 4.78 is 11.9. The van der Waals surface area contributed by atoms with E-state index in [2.05, 4.69) is 36.1 Å². The molecule has 3 nitrogen and oxygen atoms in total. The second-order valence-electron chi connectivity index (χ2n) is 6.82. The van der Waals surface area contributed by atoms with Crippen LogP contribution in [0.5, 0.6) is 0 Å². The van der Waals surface area contributed by atoms with Gasteiger partial charge in [0.15, 0.2) is 0 Å². The zero-order valence-corrected chi connectivity index (χ0v) is 14.1. The summed E-state index contributed by atoms with van der Waals surface area (Å²) in [7, 11) is 1.81. The average Bonchev–Trinajstić information content (AvgIpc) is 2.85. The lowest BCUT2D eigenvalue weighted by Gasteiger charge is -2.49. The highest BCUT2D eigenvalue weighted by Gasteiger charge is 2.46. The molecule has 2 aliphatic rings. The second kappa shape index (κ2) is 5.88. The minimum atomic E-state index is 0. The van der Waals surface area contributed by atoms with E-state index >= 15 is 0 Å². The highest BCUT2D eigenvalue weighted by Crippen LogP contribution is 2.50. The average molecular weight is 322 g/mol. The van der Waals surface area contributed by atoms with Crippen LogP contribution in [0, 0.1) is 5.41 Å². The van der Waals surface area contributed by atoms with Crippen LogP contribution in [0.2, 0.25) is 0 Å². The van der Waals surface area contributed by atoms with Crippen LogP contribution < -0.4 is 0 Å². The zero-order valence-electron chi connectivity index (χ0n) is 13.3. The minimum absolute atomic E-state index is 0. The molecule has 4 rings (SSSR count). The summed E-state index contributed by atoms with van der Waals surface area (Å²) in [6, 6.07) is 8.82. The maximum absolute atomic E-state index is 6.30. The molecular weight excluding hydrogens is 298 g/mol. The first-order valence-corrected chi connectivity index (χ1v) is 7.96. The summed E-state index contributed by atoms with van der Waals surface area (Å²) in [4.78, 5) is 2.60. The molecule has 0 aliphatic carbocycles. The maximum atomic E-state index is 6.30. The molecule has 2 aliphatic heterocycles. The number of hydrogen-bond donors (Lipinski definition) is 0. The van der Waals surface area contributed by atoms with Crippen LogP contribution in [-0.4, -0.2) is 31.7 Å². The molecule has 1 aromatic heterocycles. The van der Waals surface area contributed by atoms with E-state index in [4.69, 9.17) is 9.15 Å². The Kier molecular flexibility index (Phi) is 4.23. The van der Waals surface area contributed by atoms with E-state index in [0.717, 1.165) is 25.2 Å². The molecule has 1 aromatic carbocycles. The summed E-state index contributed by atoms with van der Waals surface area (Å²) in [5.41, 5.74) is 2.61. The number of ether oxygens (including phenoxy) is 1. The Balaban J connectivity index is 0.00000144. The number of rotatable bonds is 2. The fourth-order valence-corrected chi connectivity index (χ4v) is 4.45. The summed E-state index contributed by atoms with van der Waals surface area (Å²) in [6.07, 6.45) is 3.57. The quantitative estimate of drug-likeness (QED) is 0.829. The normalized spacial score (nSPS) is 28.0. The van der Waals surface area contributed by atoms with Gasteiger partial charge in [-0.1, -0.05) is 25.1 Å². The highest BCUT2D eigenvalue weighted by atomic mass is 35.5. The summed E-state index contributed by atoms with van der Waals surface area (Å²) in [5, 5.41) is 1.30. The molecule has 0 amide bonds. The third-order valence-electron chi connectivity index (χ3n) is 5.32. The van der Waals surface area contributed by atoms with Crippen molar-refractivity contribution in [2.45, 2.75) is 32.2 Å². The van der Waals surface area contributed by atoms with Gasteiger partial charge >= 0.3 is 0 Å². The van der Waals surface area contributed by atoms with Crippen LogP contribution in [0.25, 0.3) is 11.0 Å². The Morgan fingerprint density at radius 2 is 2.14 bits per heavy atom. The Morgan fingerprint density at radius 1 is 1.32 bits per heavy atom. The first-order valence-electron chi connectivity index (χ1n) is 7.96. The van der Waals surface area contributed by atoms with E-state index in [0.29, 0.717) is 6.04 Å². The molecule has 3 heterocycles. The van der Waals surface area contributed by atoms with Gasteiger partial charge in [0, 0.05) is 30.0 Å². The van der Waals surface area contributed by atoms with Crippen molar-refractivity contribution in [3.63, 3.8) is 0 Å². The van der Waals surface area contributed by atoms with Gasteiger partial charge in [-0.25, -0.2) is 0 Å². The third-order valence-corrected chi connectivity index (χ3v) is 5.32. The number of methoxy groups -OCH3 is 1. The van der Waals surface area contributed by atoms with E-state index in [1.807, 2.05) is 7.11 Å². The number of para-hydroxylation sites is 1. The van der Waals surface area contributed by atoms with Crippen molar-refractivity contribution in [3.8, 4) is 0 Å². The number of benzene rings is 1. The Hall–Kier alpha value is -1.03. The number of nitrogens with zero attached hydrogens (tertiary/aromatic N) is 1. The maximum Gasteiger partial charge on any atom is 0.134 e. The number of piperidine rings is 1. The molecule has 1 fully saturated rings. The topological polar surface area (TPSA) is 25.6 Å². The van der Waals surface area contributed by atoms with Gasteiger partial charge in [0.25, 0.3) is 0 Å². The van der Waals surface area contributed by atoms with Gasteiger partial charge in [0.05, 0.1) is 12.6 Å². The Bertz CT molecular complexity index is 664. The number of halogens is 1. The van der Waals surface area contributed by atoms with E-state index in [9.17, 15) is 0 Å². The van der Waals surface area contributed by atoms with Crippen LogP contribution in [0.1, 0.15) is 37.1 Å². The molecular formula is C18H24ClNO2. The summed E-state index contributed by atoms with van der Waals surface area (Å²) >= 11 is 0. The van der Waals surface area contributed by atoms with Gasteiger partial charge in [0.1, 0.15) is 11.3 Å². The highest BCUT2D eigenvalue weighted by molar-refractivity contribution is 5.85. The first-order chi connectivity index (χ1) is 10.2. The lowest BCUT2D eigenvalue weighted by atomic mass is 9.72. The third kappa shape index (κ3) is 2.27. The predicted molar refractivity (Wildman–Crippen MR) is 90.7 cm³/mol. The Labute approximate surface area is 138 Å². The summed E-state index contributed by atoms with van der Waals surface area (Å²) in [5.74, 6) is 1.20. The molecule has 0 bridgehead atoms. The van der Waals surface area contributed by atoms with Crippen LogP contribution >= 0.6 is 12.4 Å². The van der Waals surface area contributed by atoms with Crippen molar-refractivity contribution in [1.29, 1.82) is 0 Å². The SMILES string of the molecule is COC[C@@]1(C)CCCN2CCc3c(oc4ccccc34)[C@@H]21.Cl. The molecule has 1 saturated heterocycles. The lowest BCUT2D eigenvalue weighted by molar-refractivity contribution is -0.0428. The van der Waals surface area contributed by atoms with Crippen molar-refractivity contribution in [2.24, 2.45) is 5.41 Å². The standard InChI is InChI=1S/C18H23NO2.ClH/c1-18(12-20-2)9-5-10-19-11-8-14-13-6-3-4-7-15(13)21-16(14)17(18)19;/h3-4,6-7,17H,5,8-12H2,1-2H3;1H/t17-,18-;/m1./s1. The monoisotopic (exact) mass is 321 g/mol. The van der Waals surface area contributed by atoms with Crippen LogP contribution in [0.15, 0.2) is 28.7 Å². The fraction of sp³-hybridized carbons (Fsp3) is 0.556. The molecule has 0 unspecified atom stereocenters. The van der Waals surface area contributed by atoms with Crippen molar-refractivity contribution in [1.82, 2.24) is 4.90 Å². The van der Waals surface area contributed by atoms with E-state index in [1.54, 1.807) is 0 Å². The van der Waals surface area contributed by atoms with E-state index in [-0.39, 0.29) is 17.8 Å². The largest absolute Gasteiger partial charge is 0.459 e. The minimum Gasteiger partial charge on any atom is -0.459 e. The molecule has 2 aromatic rings. The molecule has 120 valence electrons. The van der Waals surface area contributed by atoms with Crippen molar-refractivity contribution >= 4 is 23.4 Å². The first kappa shape index (κ1) is 15.9. The fourth-order valence-electron chi connectivity index (χ4n) is 4.45. The molecule has 2 atom stereocenters. The smallest absolute Gasteiger partial charge is 0.134 e. The molecule has 0 N–H and O–H groups in total. The molecule has 0 spiro atoms. The van der Waals surface area contributed by atoms with E-state index < -0.39 is 0 Å². The van der Waals surface area contributed by atoms with Gasteiger partial charge in [-0.3, -0.25) is 4.90 Å². The Morgan fingerprint density at radius 3 is 2.95 bits per heavy atom. The van der Waals surface area contributed by atoms with Gasteiger partial charge in [-0.2, -0.15) is 0 Å². The molecule has 0 saturated carbocycles. The van der Waals surface area contributed by atoms with Crippen LogP contribution in [0.3, 0.4) is 0 Å². The second-order valence-corrected chi connectivity index (χ2v) is 6.82. The summed E-state index contributed by atoms with van der Waals surface area (Å²) in [6.45, 7) is 5.47. The van der Waals surface area contributed by atoms with Crippen molar-refractivity contribution < 1.29 is 9.15 Å². The van der Waals surface area contributed by atoms with Gasteiger partial charge in [0.2, 0.25) is 0 Å². The molecule has 4 heteroatoms. The van der Waals surface area contributed by atoms with Crippen molar-refractivity contribution in [2.75, 3.05) is 26.8 Å².